The lowest BCUT2D eigenvalue weighted by Crippen LogP contribution is -2.29. The van der Waals surface area contributed by atoms with Gasteiger partial charge >= 0.3 is 0 Å². The highest BCUT2D eigenvalue weighted by Gasteiger charge is 2.12. The van der Waals surface area contributed by atoms with Gasteiger partial charge in [0.05, 0.1) is 15.8 Å². The summed E-state index contributed by atoms with van der Waals surface area (Å²) in [5.41, 5.74) is 9.68. The molecule has 0 fully saturated rings. The monoisotopic (exact) mass is 343 g/mol. The Balaban J connectivity index is 1.78. The lowest BCUT2D eigenvalue weighted by molar-refractivity contribution is 0.0960. The van der Waals surface area contributed by atoms with Gasteiger partial charge in [0.2, 0.25) is 5.13 Å². The number of nitrogens with zero attached hydrogens (tertiary/aromatic N) is 1. The Morgan fingerprint density at radius 2 is 1.96 bits per heavy atom. The molecule has 3 aromatic rings. The minimum absolute atomic E-state index is 0.165. The van der Waals surface area contributed by atoms with E-state index < -0.39 is 0 Å². The van der Waals surface area contributed by atoms with Gasteiger partial charge in [-0.2, -0.15) is 0 Å². The maximum Gasteiger partial charge on any atom is 0.270 e. The molecule has 1 aromatic heterocycles. The number of hydrogen-bond donors (Lipinski definition) is 2. The summed E-state index contributed by atoms with van der Waals surface area (Å²) in [7, 11) is 0. The smallest absolute Gasteiger partial charge is 0.270 e. The number of thiazole rings is 1. The van der Waals surface area contributed by atoms with Crippen LogP contribution in [0.1, 0.15) is 21.5 Å². The van der Waals surface area contributed by atoms with Gasteiger partial charge < -0.3 is 0 Å². The van der Waals surface area contributed by atoms with E-state index in [2.05, 4.69) is 41.8 Å². The number of aromatic nitrogens is 1. The van der Waals surface area contributed by atoms with Crippen molar-refractivity contribution in [2.75, 3.05) is 11.7 Å². The Morgan fingerprint density at radius 1 is 1.17 bits per heavy atom. The molecule has 6 heteroatoms. The van der Waals surface area contributed by atoms with Crippen LogP contribution in [0, 0.1) is 13.8 Å². The summed E-state index contributed by atoms with van der Waals surface area (Å²) in [6.45, 7) is 4.14. The fourth-order valence-corrected chi connectivity index (χ4v) is 3.76. The molecule has 0 atom stereocenters. The fraction of sp³-hybridized carbons (Fsp3) is 0.176. The van der Waals surface area contributed by atoms with Crippen molar-refractivity contribution < 1.29 is 4.79 Å². The van der Waals surface area contributed by atoms with Crippen LogP contribution in [0.4, 0.5) is 5.13 Å². The molecule has 0 bridgehead atoms. The van der Waals surface area contributed by atoms with Gasteiger partial charge in [-0.3, -0.25) is 15.6 Å². The number of aryl methyl sites for hydroxylation is 2. The summed E-state index contributed by atoms with van der Waals surface area (Å²) >= 11 is 3.08. The van der Waals surface area contributed by atoms with Crippen LogP contribution in [-0.2, 0) is 0 Å². The predicted molar refractivity (Wildman–Crippen MR) is 98.4 cm³/mol. The SMILES string of the molecule is CSc1ccccc1C(=O)NNc1nc2c(C)c(C)ccc2s1. The van der Waals surface area contributed by atoms with Gasteiger partial charge in [-0.05, 0) is 49.4 Å². The summed E-state index contributed by atoms with van der Waals surface area (Å²) in [5, 5.41) is 0.684. The molecule has 1 amide bonds. The van der Waals surface area contributed by atoms with E-state index in [4.69, 9.17) is 0 Å². The third-order valence-electron chi connectivity index (χ3n) is 3.72. The first kappa shape index (κ1) is 15.8. The van der Waals surface area contributed by atoms with E-state index in [9.17, 15) is 4.79 Å². The number of amides is 1. The lowest BCUT2D eigenvalue weighted by Gasteiger charge is -2.08. The number of nitrogens with one attached hydrogen (secondary N) is 2. The van der Waals surface area contributed by atoms with E-state index in [0.717, 1.165) is 15.1 Å². The third-order valence-corrected chi connectivity index (χ3v) is 5.45. The van der Waals surface area contributed by atoms with E-state index in [0.29, 0.717) is 10.7 Å². The first-order valence-corrected chi connectivity index (χ1v) is 9.20. The largest absolute Gasteiger partial charge is 0.273 e. The van der Waals surface area contributed by atoms with Crippen LogP contribution in [0.2, 0.25) is 0 Å². The van der Waals surface area contributed by atoms with Crippen molar-refractivity contribution in [1.82, 2.24) is 10.4 Å². The lowest BCUT2D eigenvalue weighted by atomic mass is 10.1. The van der Waals surface area contributed by atoms with Crippen LogP contribution in [0.3, 0.4) is 0 Å². The Kier molecular flexibility index (Phi) is 4.54. The van der Waals surface area contributed by atoms with Gasteiger partial charge in [0, 0.05) is 4.90 Å². The van der Waals surface area contributed by atoms with Crippen LogP contribution in [-0.4, -0.2) is 17.1 Å². The van der Waals surface area contributed by atoms with E-state index in [1.165, 1.54) is 22.5 Å². The average molecular weight is 343 g/mol. The molecule has 0 unspecified atom stereocenters. The summed E-state index contributed by atoms with van der Waals surface area (Å²) in [6.07, 6.45) is 1.96. The van der Waals surface area contributed by atoms with Crippen LogP contribution < -0.4 is 10.9 Å². The van der Waals surface area contributed by atoms with Crippen molar-refractivity contribution in [3.05, 3.63) is 53.1 Å². The minimum atomic E-state index is -0.165. The van der Waals surface area contributed by atoms with E-state index >= 15 is 0 Å². The Labute approximate surface area is 143 Å². The zero-order chi connectivity index (χ0) is 16.4. The molecule has 0 aliphatic carbocycles. The van der Waals surface area contributed by atoms with Crippen molar-refractivity contribution in [2.45, 2.75) is 18.7 Å². The number of anilines is 1. The second kappa shape index (κ2) is 6.60. The molecule has 0 radical (unpaired) electrons. The molecular formula is C17H17N3OS2. The number of carbonyl (C=O) groups is 1. The molecular weight excluding hydrogens is 326 g/mol. The molecule has 2 aromatic carbocycles. The maximum absolute atomic E-state index is 12.3. The molecule has 4 nitrogen and oxygen atoms in total. The molecule has 0 saturated carbocycles. The molecule has 0 aliphatic heterocycles. The first-order valence-electron chi connectivity index (χ1n) is 7.16. The van der Waals surface area contributed by atoms with Crippen LogP contribution in [0.5, 0.6) is 0 Å². The average Bonchev–Trinajstić information content (AvgIpc) is 3.00. The maximum atomic E-state index is 12.3. The van der Waals surface area contributed by atoms with Crippen molar-refractivity contribution in [2.24, 2.45) is 0 Å². The second-order valence-corrected chi connectivity index (χ2v) is 7.03. The Hall–Kier alpha value is -2.05. The van der Waals surface area contributed by atoms with Gasteiger partial charge in [0.25, 0.3) is 5.91 Å². The van der Waals surface area contributed by atoms with Gasteiger partial charge in [0.15, 0.2) is 0 Å². The summed E-state index contributed by atoms with van der Waals surface area (Å²) in [6, 6.07) is 11.7. The zero-order valence-electron chi connectivity index (χ0n) is 13.1. The molecule has 0 aliphatic rings. The highest BCUT2D eigenvalue weighted by Crippen LogP contribution is 2.29. The normalized spacial score (nSPS) is 10.7. The second-order valence-electron chi connectivity index (χ2n) is 5.15. The molecule has 2 N–H and O–H groups in total. The van der Waals surface area contributed by atoms with Crippen molar-refractivity contribution in [1.29, 1.82) is 0 Å². The van der Waals surface area contributed by atoms with Gasteiger partial charge in [-0.15, -0.1) is 11.8 Å². The Morgan fingerprint density at radius 3 is 2.74 bits per heavy atom. The number of thioether (sulfide) groups is 1. The van der Waals surface area contributed by atoms with Crippen LogP contribution >= 0.6 is 23.1 Å². The Bertz CT molecular complexity index is 873. The highest BCUT2D eigenvalue weighted by atomic mass is 32.2. The first-order chi connectivity index (χ1) is 11.1. The molecule has 0 saturated heterocycles. The number of hydrazine groups is 1. The van der Waals surface area contributed by atoms with E-state index in [-0.39, 0.29) is 5.91 Å². The van der Waals surface area contributed by atoms with Crippen LogP contribution in [0.25, 0.3) is 10.2 Å². The quantitative estimate of drug-likeness (QED) is 0.545. The molecule has 23 heavy (non-hydrogen) atoms. The standard InChI is InChI=1S/C17H17N3OS2/c1-10-8-9-14-15(11(10)2)18-17(23-14)20-19-16(21)12-6-4-5-7-13(12)22-3/h4-9H,1-3H3,(H,18,20)(H,19,21). The molecule has 1 heterocycles. The fourth-order valence-electron chi connectivity index (χ4n) is 2.29. The van der Waals surface area contributed by atoms with Crippen molar-refractivity contribution in [3.8, 4) is 0 Å². The highest BCUT2D eigenvalue weighted by molar-refractivity contribution is 7.98. The molecule has 0 spiro atoms. The molecule has 3 rings (SSSR count). The third kappa shape index (κ3) is 3.18. The van der Waals surface area contributed by atoms with Crippen LogP contribution in [0.15, 0.2) is 41.3 Å². The van der Waals surface area contributed by atoms with E-state index in [1.807, 2.05) is 30.5 Å². The summed E-state index contributed by atoms with van der Waals surface area (Å²) in [4.78, 5) is 17.8. The van der Waals surface area contributed by atoms with Crippen molar-refractivity contribution in [3.63, 3.8) is 0 Å². The number of benzene rings is 2. The number of rotatable bonds is 4. The van der Waals surface area contributed by atoms with Gasteiger partial charge in [0.1, 0.15) is 0 Å². The number of carbonyl (C=O) groups excluding carboxylic acids is 1. The van der Waals surface area contributed by atoms with Gasteiger partial charge in [-0.25, -0.2) is 4.98 Å². The van der Waals surface area contributed by atoms with Gasteiger partial charge in [-0.1, -0.05) is 29.5 Å². The molecule has 118 valence electrons. The number of hydrogen-bond acceptors (Lipinski definition) is 5. The van der Waals surface area contributed by atoms with E-state index in [1.54, 1.807) is 11.8 Å². The minimum Gasteiger partial charge on any atom is -0.273 e. The van der Waals surface area contributed by atoms with Crippen molar-refractivity contribution >= 4 is 44.4 Å². The number of fused-ring (bicyclic) bond motifs is 1. The summed E-state index contributed by atoms with van der Waals surface area (Å²) in [5.74, 6) is -0.165. The zero-order valence-corrected chi connectivity index (χ0v) is 14.8. The topological polar surface area (TPSA) is 54.0 Å². The predicted octanol–water partition coefficient (Wildman–Crippen LogP) is 4.39. The summed E-state index contributed by atoms with van der Waals surface area (Å²) < 4.78 is 1.11.